The van der Waals surface area contributed by atoms with Crippen LogP contribution in [-0.4, -0.2) is 63.3 Å². The summed E-state index contributed by atoms with van der Waals surface area (Å²) in [6.07, 6.45) is 0.577. The van der Waals surface area contributed by atoms with Gasteiger partial charge in [-0.1, -0.05) is 0 Å². The first-order valence-corrected chi connectivity index (χ1v) is 7.49. The number of aromatic nitrogens is 2. The number of amides is 1. The molecule has 1 amide bonds. The molecular weight excluding hydrogens is 318 g/mol. The molecule has 132 valence electrons. The Morgan fingerprint density at radius 1 is 1.33 bits per heavy atom. The molecule has 0 aliphatic carbocycles. The Labute approximate surface area is 139 Å². The van der Waals surface area contributed by atoms with Gasteiger partial charge in [0.15, 0.2) is 5.78 Å². The highest BCUT2D eigenvalue weighted by molar-refractivity contribution is 5.88. The fourth-order valence-corrected chi connectivity index (χ4v) is 2.45. The molecule has 0 spiro atoms. The lowest BCUT2D eigenvalue weighted by Gasteiger charge is -2.26. The van der Waals surface area contributed by atoms with Crippen LogP contribution in [-0.2, 0) is 16.6 Å². The first kappa shape index (κ1) is 17.7. The average molecular weight is 339 g/mol. The minimum atomic E-state index is -0.660. The standard InChI is InChI=1S/C14H21N5O5/c1-14(2,3)24-13(21)18-6-5-17(8-10(20)9-18)12-11(19(22)23)7-15-16(12)4/h7H,5-6,8-9H2,1-4H3. The third kappa shape index (κ3) is 4.00. The van der Waals surface area contributed by atoms with Gasteiger partial charge >= 0.3 is 11.8 Å². The van der Waals surface area contributed by atoms with Crippen molar-refractivity contribution in [2.45, 2.75) is 26.4 Å². The summed E-state index contributed by atoms with van der Waals surface area (Å²) in [4.78, 5) is 37.8. The second-order valence-corrected chi connectivity index (χ2v) is 6.60. The lowest BCUT2D eigenvalue weighted by Crippen LogP contribution is -2.40. The largest absolute Gasteiger partial charge is 0.444 e. The summed E-state index contributed by atoms with van der Waals surface area (Å²) in [6.45, 7) is 5.62. The van der Waals surface area contributed by atoms with E-state index < -0.39 is 16.6 Å². The molecule has 0 bridgehead atoms. The predicted octanol–water partition coefficient (Wildman–Crippen LogP) is 0.954. The van der Waals surface area contributed by atoms with Crippen LogP contribution in [0.2, 0.25) is 0 Å². The summed E-state index contributed by atoms with van der Waals surface area (Å²) in [6, 6.07) is 0. The third-order valence-electron chi connectivity index (χ3n) is 3.41. The van der Waals surface area contributed by atoms with Crippen LogP contribution < -0.4 is 4.90 Å². The van der Waals surface area contributed by atoms with Crippen molar-refractivity contribution in [3.8, 4) is 0 Å². The van der Waals surface area contributed by atoms with Gasteiger partial charge in [-0.3, -0.25) is 19.8 Å². The summed E-state index contributed by atoms with van der Waals surface area (Å²) in [5.74, 6) is 0.0215. The van der Waals surface area contributed by atoms with Crippen molar-refractivity contribution in [3.63, 3.8) is 0 Å². The van der Waals surface area contributed by atoms with E-state index in [1.165, 1.54) is 9.58 Å². The van der Waals surface area contributed by atoms with Crippen molar-refractivity contribution in [3.05, 3.63) is 16.3 Å². The van der Waals surface area contributed by atoms with Crippen LogP contribution >= 0.6 is 0 Å². The number of anilines is 1. The van der Waals surface area contributed by atoms with E-state index in [1.54, 1.807) is 32.7 Å². The van der Waals surface area contributed by atoms with Crippen LogP contribution in [0.5, 0.6) is 0 Å². The maximum Gasteiger partial charge on any atom is 0.410 e. The Bertz CT molecular complexity index is 663. The number of hydrogen-bond donors (Lipinski definition) is 0. The van der Waals surface area contributed by atoms with E-state index in [9.17, 15) is 19.7 Å². The molecule has 2 heterocycles. The Hall–Kier alpha value is -2.65. The first-order chi connectivity index (χ1) is 11.1. The fraction of sp³-hybridized carbons (Fsp3) is 0.643. The number of rotatable bonds is 2. The van der Waals surface area contributed by atoms with Crippen LogP contribution in [0.4, 0.5) is 16.3 Å². The van der Waals surface area contributed by atoms with Gasteiger partial charge in [-0.05, 0) is 20.8 Å². The van der Waals surface area contributed by atoms with E-state index >= 15 is 0 Å². The number of carbonyl (C=O) groups excluding carboxylic acids is 2. The van der Waals surface area contributed by atoms with E-state index in [1.807, 2.05) is 0 Å². The lowest BCUT2D eigenvalue weighted by molar-refractivity contribution is -0.384. The van der Waals surface area contributed by atoms with E-state index in [-0.39, 0.29) is 43.5 Å². The number of ketones is 1. The molecule has 10 heteroatoms. The molecule has 1 aromatic heterocycles. The fourth-order valence-electron chi connectivity index (χ4n) is 2.45. The summed E-state index contributed by atoms with van der Waals surface area (Å²) < 4.78 is 6.64. The van der Waals surface area contributed by atoms with Crippen LogP contribution in [0.1, 0.15) is 20.8 Å². The molecule has 0 N–H and O–H groups in total. The molecule has 10 nitrogen and oxygen atoms in total. The van der Waals surface area contributed by atoms with Gasteiger partial charge in [-0.2, -0.15) is 5.10 Å². The number of carbonyl (C=O) groups is 2. The zero-order valence-electron chi connectivity index (χ0n) is 14.2. The summed E-state index contributed by atoms with van der Waals surface area (Å²) >= 11 is 0. The number of nitrogens with zero attached hydrogens (tertiary/aromatic N) is 5. The summed E-state index contributed by atoms with van der Waals surface area (Å²) in [7, 11) is 1.57. The maximum atomic E-state index is 12.2. The smallest absolute Gasteiger partial charge is 0.410 e. The summed E-state index contributed by atoms with van der Waals surface area (Å²) in [5, 5.41) is 15.0. The van der Waals surface area contributed by atoms with Gasteiger partial charge < -0.3 is 9.64 Å². The average Bonchev–Trinajstić information content (AvgIpc) is 2.70. The third-order valence-corrected chi connectivity index (χ3v) is 3.41. The molecular formula is C14H21N5O5. The van der Waals surface area contributed by atoms with Crippen molar-refractivity contribution in [2.75, 3.05) is 31.1 Å². The Morgan fingerprint density at radius 3 is 2.58 bits per heavy atom. The predicted molar refractivity (Wildman–Crippen MR) is 84.9 cm³/mol. The molecule has 1 aliphatic rings. The molecule has 1 fully saturated rings. The van der Waals surface area contributed by atoms with E-state index in [0.29, 0.717) is 0 Å². The second-order valence-electron chi connectivity index (χ2n) is 6.60. The van der Waals surface area contributed by atoms with Gasteiger partial charge in [-0.15, -0.1) is 0 Å². The topological polar surface area (TPSA) is 111 Å². The van der Waals surface area contributed by atoms with Gasteiger partial charge in [0.2, 0.25) is 5.82 Å². The minimum absolute atomic E-state index is 0.0281. The SMILES string of the molecule is Cn1ncc([N+](=O)[O-])c1N1CCN(C(=O)OC(C)(C)C)CC(=O)C1. The normalized spacial score (nSPS) is 16.1. The van der Waals surface area contributed by atoms with Crippen LogP contribution in [0, 0.1) is 10.1 Å². The zero-order valence-corrected chi connectivity index (χ0v) is 14.2. The highest BCUT2D eigenvalue weighted by atomic mass is 16.6. The van der Waals surface area contributed by atoms with Crippen molar-refractivity contribution < 1.29 is 19.2 Å². The van der Waals surface area contributed by atoms with Crippen molar-refractivity contribution in [1.82, 2.24) is 14.7 Å². The molecule has 1 aliphatic heterocycles. The molecule has 0 unspecified atom stereocenters. The first-order valence-electron chi connectivity index (χ1n) is 7.49. The zero-order chi connectivity index (χ0) is 18.1. The van der Waals surface area contributed by atoms with Crippen molar-refractivity contribution in [1.29, 1.82) is 0 Å². The maximum absolute atomic E-state index is 12.2. The molecule has 1 aromatic rings. The van der Waals surface area contributed by atoms with Crippen molar-refractivity contribution in [2.24, 2.45) is 7.05 Å². The van der Waals surface area contributed by atoms with E-state index in [2.05, 4.69) is 5.10 Å². The number of hydrogen-bond acceptors (Lipinski definition) is 7. The van der Waals surface area contributed by atoms with Crippen LogP contribution in [0.15, 0.2) is 6.20 Å². The lowest BCUT2D eigenvalue weighted by atomic mass is 10.2. The molecule has 2 rings (SSSR count). The molecule has 0 saturated carbocycles. The minimum Gasteiger partial charge on any atom is -0.444 e. The summed E-state index contributed by atoms with van der Waals surface area (Å²) in [5.41, 5.74) is -0.830. The highest BCUT2D eigenvalue weighted by Crippen LogP contribution is 2.27. The number of ether oxygens (including phenoxy) is 1. The van der Waals surface area contributed by atoms with Crippen LogP contribution in [0.25, 0.3) is 0 Å². The van der Waals surface area contributed by atoms with Crippen LogP contribution in [0.3, 0.4) is 0 Å². The quantitative estimate of drug-likeness (QED) is 0.582. The Morgan fingerprint density at radius 2 is 2.00 bits per heavy atom. The van der Waals surface area contributed by atoms with Gasteiger partial charge in [0.1, 0.15) is 11.8 Å². The molecule has 0 aromatic carbocycles. The van der Waals surface area contributed by atoms with Gasteiger partial charge in [0.05, 0.1) is 18.0 Å². The Kier molecular flexibility index (Phi) is 4.76. The highest BCUT2D eigenvalue weighted by Gasteiger charge is 2.31. The molecule has 24 heavy (non-hydrogen) atoms. The van der Waals surface area contributed by atoms with Gasteiger partial charge in [-0.25, -0.2) is 9.48 Å². The van der Waals surface area contributed by atoms with E-state index in [0.717, 1.165) is 6.20 Å². The number of Topliss-reactive ketones (excluding diaryl/α,β-unsaturated/α-hetero) is 1. The Balaban J connectivity index is 2.18. The van der Waals surface area contributed by atoms with Crippen molar-refractivity contribution >= 4 is 23.4 Å². The molecule has 1 saturated heterocycles. The number of nitro groups is 1. The molecule has 0 radical (unpaired) electrons. The van der Waals surface area contributed by atoms with Gasteiger partial charge in [0.25, 0.3) is 0 Å². The second kappa shape index (κ2) is 6.46. The number of aryl methyl sites for hydroxylation is 1. The molecule has 0 atom stereocenters. The van der Waals surface area contributed by atoms with E-state index in [4.69, 9.17) is 4.74 Å². The monoisotopic (exact) mass is 339 g/mol. The van der Waals surface area contributed by atoms with Gasteiger partial charge in [0, 0.05) is 20.1 Å².